The van der Waals surface area contributed by atoms with Crippen molar-refractivity contribution < 1.29 is 4.79 Å². The number of rotatable bonds is 2. The molecule has 0 saturated carbocycles. The number of nitrogens with one attached hydrogen (secondary N) is 1. The third-order valence-electron chi connectivity index (χ3n) is 5.39. The van der Waals surface area contributed by atoms with Crippen LogP contribution < -0.4 is 5.32 Å². The number of thiazole rings is 1. The molecule has 1 aromatic carbocycles. The van der Waals surface area contributed by atoms with Gasteiger partial charge in [-0.3, -0.25) is 4.79 Å². The van der Waals surface area contributed by atoms with E-state index in [9.17, 15) is 4.79 Å². The molecule has 2 atom stereocenters. The van der Waals surface area contributed by atoms with E-state index in [0.717, 1.165) is 72.0 Å². The Hall–Kier alpha value is -0.850. The lowest BCUT2D eigenvalue weighted by Gasteiger charge is -2.20. The number of aryl methyl sites for hydroxylation is 1. The van der Waals surface area contributed by atoms with Gasteiger partial charge in [0.25, 0.3) is 5.91 Å². The lowest BCUT2D eigenvalue weighted by atomic mass is 9.92. The van der Waals surface area contributed by atoms with E-state index in [1.165, 1.54) is 11.3 Å². The number of nitrogens with zero attached hydrogens (tertiary/aromatic N) is 2. The molecule has 0 aliphatic carbocycles. The highest BCUT2D eigenvalue weighted by Gasteiger charge is 2.32. The van der Waals surface area contributed by atoms with Crippen LogP contribution in [0.4, 0.5) is 0 Å². The molecule has 1 N–H and O–H groups in total. The highest BCUT2D eigenvalue weighted by molar-refractivity contribution is 7.17. The number of fused-ring (bicyclic) bond motifs is 1. The summed E-state index contributed by atoms with van der Waals surface area (Å²) in [6.07, 6.45) is 2.20. The van der Waals surface area contributed by atoms with Crippen molar-refractivity contribution in [2.45, 2.75) is 19.8 Å². The second kappa shape index (κ2) is 9.57. The highest BCUT2D eigenvalue weighted by Crippen LogP contribution is 2.32. The maximum absolute atomic E-state index is 13.1. The van der Waals surface area contributed by atoms with E-state index in [-0.39, 0.29) is 30.7 Å². The van der Waals surface area contributed by atoms with Gasteiger partial charge < -0.3 is 10.2 Å². The van der Waals surface area contributed by atoms with Crippen LogP contribution in [0.1, 0.15) is 28.2 Å². The van der Waals surface area contributed by atoms with E-state index >= 15 is 0 Å². The molecular formula is C19H24Cl3N3OS. The molecule has 2 aromatic rings. The molecule has 27 heavy (non-hydrogen) atoms. The van der Waals surface area contributed by atoms with Crippen LogP contribution in [0.25, 0.3) is 10.6 Å². The zero-order chi connectivity index (χ0) is 17.4. The first-order valence-corrected chi connectivity index (χ1v) is 10.0. The molecule has 0 bridgehead atoms. The second-order valence-corrected chi connectivity index (χ2v) is 8.42. The van der Waals surface area contributed by atoms with Crippen LogP contribution in [0.15, 0.2) is 24.3 Å². The largest absolute Gasteiger partial charge is 0.338 e. The van der Waals surface area contributed by atoms with Gasteiger partial charge in [-0.1, -0.05) is 23.7 Å². The Morgan fingerprint density at radius 1 is 1.15 bits per heavy atom. The molecular weight excluding hydrogens is 425 g/mol. The zero-order valence-corrected chi connectivity index (χ0v) is 18.3. The van der Waals surface area contributed by atoms with Gasteiger partial charge in [-0.2, -0.15) is 0 Å². The summed E-state index contributed by atoms with van der Waals surface area (Å²) in [6, 6.07) is 7.62. The Morgan fingerprint density at radius 2 is 1.74 bits per heavy atom. The molecule has 2 fully saturated rings. The molecule has 2 aliphatic rings. The number of aromatic nitrogens is 1. The number of carbonyl (C=O) groups is 1. The first kappa shape index (κ1) is 22.4. The second-order valence-electron chi connectivity index (χ2n) is 6.99. The van der Waals surface area contributed by atoms with Crippen LogP contribution in [-0.2, 0) is 0 Å². The van der Waals surface area contributed by atoms with E-state index in [0.29, 0.717) is 5.02 Å². The van der Waals surface area contributed by atoms with Gasteiger partial charge in [-0.15, -0.1) is 36.2 Å². The van der Waals surface area contributed by atoms with Crippen LogP contribution in [0.2, 0.25) is 5.02 Å². The fourth-order valence-corrected chi connectivity index (χ4v) is 5.04. The molecule has 0 spiro atoms. The summed E-state index contributed by atoms with van der Waals surface area (Å²) in [4.78, 5) is 20.5. The number of likely N-dealkylation sites (tertiary alicyclic amines) is 1. The van der Waals surface area contributed by atoms with Crippen molar-refractivity contribution in [1.82, 2.24) is 15.2 Å². The number of amides is 1. The van der Waals surface area contributed by atoms with Crippen molar-refractivity contribution in [2.24, 2.45) is 11.8 Å². The first-order valence-electron chi connectivity index (χ1n) is 8.85. The van der Waals surface area contributed by atoms with E-state index in [4.69, 9.17) is 11.6 Å². The monoisotopic (exact) mass is 447 g/mol. The predicted molar refractivity (Wildman–Crippen MR) is 117 cm³/mol. The van der Waals surface area contributed by atoms with E-state index in [2.05, 4.69) is 10.3 Å². The number of hydrogen-bond acceptors (Lipinski definition) is 4. The van der Waals surface area contributed by atoms with Crippen LogP contribution in [0.5, 0.6) is 0 Å². The molecule has 0 unspecified atom stereocenters. The molecule has 1 aromatic heterocycles. The van der Waals surface area contributed by atoms with Crippen molar-refractivity contribution in [2.75, 3.05) is 26.2 Å². The molecule has 4 rings (SSSR count). The number of carbonyl (C=O) groups excluding carboxylic acids is 1. The Balaban J connectivity index is 0.00000131. The van der Waals surface area contributed by atoms with Crippen LogP contribution in [0.3, 0.4) is 0 Å². The fraction of sp³-hybridized carbons (Fsp3) is 0.474. The maximum Gasteiger partial charge on any atom is 0.265 e. The van der Waals surface area contributed by atoms with Gasteiger partial charge in [0.15, 0.2) is 0 Å². The summed E-state index contributed by atoms with van der Waals surface area (Å²) in [7, 11) is 0. The van der Waals surface area contributed by atoms with Gasteiger partial charge in [-0.05, 0) is 56.8 Å². The SMILES string of the molecule is Cc1nc(-c2ccc(Cl)cc2)sc1C(=O)N1CC[C@@H]2CNC[C@@H]2CC1.Cl.Cl. The minimum Gasteiger partial charge on any atom is -0.338 e. The predicted octanol–water partition coefficient (Wildman–Crippen LogP) is 4.69. The fourth-order valence-electron chi connectivity index (χ4n) is 3.88. The van der Waals surface area contributed by atoms with Crippen LogP contribution in [-0.4, -0.2) is 42.0 Å². The first-order chi connectivity index (χ1) is 12.1. The zero-order valence-electron chi connectivity index (χ0n) is 15.1. The number of halogens is 3. The maximum atomic E-state index is 13.1. The van der Waals surface area contributed by atoms with Crippen molar-refractivity contribution >= 4 is 53.7 Å². The average molecular weight is 449 g/mol. The van der Waals surface area contributed by atoms with E-state index in [1.807, 2.05) is 36.1 Å². The Bertz CT molecular complexity index is 767. The number of hydrogen-bond donors (Lipinski definition) is 1. The van der Waals surface area contributed by atoms with Crippen molar-refractivity contribution in [3.8, 4) is 10.6 Å². The molecule has 4 nitrogen and oxygen atoms in total. The van der Waals surface area contributed by atoms with Gasteiger partial charge in [0, 0.05) is 23.7 Å². The minimum atomic E-state index is 0. The number of benzene rings is 1. The Kier molecular flexibility index (Phi) is 7.95. The molecule has 148 valence electrons. The van der Waals surface area contributed by atoms with Crippen LogP contribution in [0, 0.1) is 18.8 Å². The molecule has 8 heteroatoms. The smallest absolute Gasteiger partial charge is 0.265 e. The van der Waals surface area contributed by atoms with Gasteiger partial charge in [0.2, 0.25) is 0 Å². The van der Waals surface area contributed by atoms with E-state index in [1.54, 1.807) is 0 Å². The Morgan fingerprint density at radius 3 is 2.33 bits per heavy atom. The van der Waals surface area contributed by atoms with Crippen molar-refractivity contribution in [3.05, 3.63) is 39.9 Å². The highest BCUT2D eigenvalue weighted by atomic mass is 35.5. The average Bonchev–Trinajstić information content (AvgIpc) is 3.16. The molecule has 0 radical (unpaired) electrons. The summed E-state index contributed by atoms with van der Waals surface area (Å²) in [6.45, 7) is 5.85. The minimum absolute atomic E-state index is 0. The summed E-state index contributed by atoms with van der Waals surface area (Å²) in [5.74, 6) is 1.60. The molecule has 3 heterocycles. The van der Waals surface area contributed by atoms with Crippen molar-refractivity contribution in [3.63, 3.8) is 0 Å². The van der Waals surface area contributed by atoms with Crippen LogP contribution >= 0.6 is 47.8 Å². The van der Waals surface area contributed by atoms with Gasteiger partial charge >= 0.3 is 0 Å². The summed E-state index contributed by atoms with van der Waals surface area (Å²) in [5.41, 5.74) is 1.83. The Labute approximate surface area is 181 Å². The third kappa shape index (κ3) is 4.77. The van der Waals surface area contributed by atoms with Gasteiger partial charge in [-0.25, -0.2) is 4.98 Å². The normalized spacial score (nSPS) is 21.6. The van der Waals surface area contributed by atoms with E-state index < -0.39 is 0 Å². The van der Waals surface area contributed by atoms with Crippen molar-refractivity contribution in [1.29, 1.82) is 0 Å². The molecule has 2 saturated heterocycles. The molecule has 1 amide bonds. The molecule has 2 aliphatic heterocycles. The third-order valence-corrected chi connectivity index (χ3v) is 6.84. The summed E-state index contributed by atoms with van der Waals surface area (Å²) in [5, 5.41) is 5.07. The summed E-state index contributed by atoms with van der Waals surface area (Å²) < 4.78 is 0. The lowest BCUT2D eigenvalue weighted by Crippen LogP contribution is -2.32. The standard InChI is InChI=1S/C19H22ClN3OS.2ClH/c1-12-17(25-18(22-12)13-2-4-16(20)5-3-13)19(24)23-8-6-14-10-21-11-15(14)7-9-23;;/h2-5,14-15,21H,6-11H2,1H3;2*1H/t14-,15+;;. The quantitative estimate of drug-likeness (QED) is 0.725. The topological polar surface area (TPSA) is 45.2 Å². The lowest BCUT2D eigenvalue weighted by molar-refractivity contribution is 0.0762. The van der Waals surface area contributed by atoms with Gasteiger partial charge in [0.1, 0.15) is 9.88 Å². The van der Waals surface area contributed by atoms with Gasteiger partial charge in [0.05, 0.1) is 5.69 Å². The summed E-state index contributed by atoms with van der Waals surface area (Å²) >= 11 is 7.45.